The fourth-order valence-electron chi connectivity index (χ4n) is 2.57. The molecule has 0 amide bonds. The molecule has 1 spiro atoms. The quantitative estimate of drug-likeness (QED) is 0.726. The lowest BCUT2D eigenvalue weighted by atomic mass is 9.88. The zero-order valence-corrected chi connectivity index (χ0v) is 9.80. The lowest BCUT2D eigenvalue weighted by molar-refractivity contribution is -0.000277. The number of hydrogen-bond acceptors (Lipinski definition) is 3. The molecule has 2 atom stereocenters. The van der Waals surface area contributed by atoms with Gasteiger partial charge in [-0.25, -0.2) is 0 Å². The van der Waals surface area contributed by atoms with Crippen molar-refractivity contribution in [2.75, 3.05) is 13.1 Å². The summed E-state index contributed by atoms with van der Waals surface area (Å²) in [6.45, 7) is 1.83. The van der Waals surface area contributed by atoms with Crippen molar-refractivity contribution in [3.63, 3.8) is 0 Å². The maximum absolute atomic E-state index is 10.1. The molecule has 2 aliphatic rings. The SMILES string of the molecule is Cl.OC1CC2(CCNC2)Oc2ccccc21. The molecule has 0 aliphatic carbocycles. The second kappa shape index (κ2) is 4.24. The molecule has 1 aromatic rings. The fourth-order valence-corrected chi connectivity index (χ4v) is 2.57. The molecule has 2 aliphatic heterocycles. The highest BCUT2D eigenvalue weighted by Gasteiger charge is 2.42. The Hall–Kier alpha value is -0.770. The van der Waals surface area contributed by atoms with Gasteiger partial charge < -0.3 is 15.2 Å². The van der Waals surface area contributed by atoms with Crippen molar-refractivity contribution in [1.29, 1.82) is 0 Å². The molecule has 3 nitrogen and oxygen atoms in total. The first-order valence-electron chi connectivity index (χ1n) is 5.46. The summed E-state index contributed by atoms with van der Waals surface area (Å²) in [4.78, 5) is 0. The Kier molecular flexibility index (Phi) is 3.10. The predicted octanol–water partition coefficient (Wildman–Crippen LogP) is 1.66. The fraction of sp³-hybridized carbons (Fsp3) is 0.500. The van der Waals surface area contributed by atoms with Gasteiger partial charge in [0, 0.05) is 24.9 Å². The van der Waals surface area contributed by atoms with Crippen molar-refractivity contribution in [2.45, 2.75) is 24.5 Å². The molecule has 2 unspecified atom stereocenters. The third kappa shape index (κ3) is 1.79. The molecule has 0 radical (unpaired) electrons. The average Bonchev–Trinajstić information content (AvgIpc) is 2.66. The summed E-state index contributed by atoms with van der Waals surface area (Å²) in [5, 5.41) is 13.4. The molecule has 0 saturated carbocycles. The number of aliphatic hydroxyl groups excluding tert-OH is 1. The van der Waals surface area contributed by atoms with Crippen LogP contribution in [0.3, 0.4) is 0 Å². The Bertz CT molecular complexity index is 377. The van der Waals surface area contributed by atoms with Gasteiger partial charge in [-0.3, -0.25) is 0 Å². The molecule has 2 heterocycles. The lowest BCUT2D eigenvalue weighted by Crippen LogP contribution is -2.42. The van der Waals surface area contributed by atoms with Crippen LogP contribution >= 0.6 is 12.4 Å². The Morgan fingerprint density at radius 3 is 2.94 bits per heavy atom. The molecule has 2 N–H and O–H groups in total. The maximum Gasteiger partial charge on any atom is 0.126 e. The number of para-hydroxylation sites is 1. The van der Waals surface area contributed by atoms with E-state index in [0.29, 0.717) is 6.42 Å². The van der Waals surface area contributed by atoms with E-state index in [-0.39, 0.29) is 24.1 Å². The van der Waals surface area contributed by atoms with Gasteiger partial charge in [0.2, 0.25) is 0 Å². The second-order valence-corrected chi connectivity index (χ2v) is 4.47. The number of aliphatic hydroxyl groups is 1. The smallest absolute Gasteiger partial charge is 0.126 e. The van der Waals surface area contributed by atoms with Crippen molar-refractivity contribution in [3.8, 4) is 5.75 Å². The van der Waals surface area contributed by atoms with Gasteiger partial charge in [0.25, 0.3) is 0 Å². The largest absolute Gasteiger partial charge is 0.485 e. The summed E-state index contributed by atoms with van der Waals surface area (Å²) in [5.41, 5.74) is 0.753. The minimum Gasteiger partial charge on any atom is -0.485 e. The van der Waals surface area contributed by atoms with Crippen LogP contribution in [0.2, 0.25) is 0 Å². The van der Waals surface area contributed by atoms with E-state index in [4.69, 9.17) is 4.74 Å². The Balaban J connectivity index is 0.000000963. The van der Waals surface area contributed by atoms with E-state index >= 15 is 0 Å². The molecule has 1 saturated heterocycles. The Morgan fingerprint density at radius 2 is 2.19 bits per heavy atom. The summed E-state index contributed by atoms with van der Waals surface area (Å²) < 4.78 is 6.03. The van der Waals surface area contributed by atoms with E-state index in [1.54, 1.807) is 0 Å². The molecule has 3 rings (SSSR count). The van der Waals surface area contributed by atoms with Crippen LogP contribution in [0.25, 0.3) is 0 Å². The van der Waals surface area contributed by atoms with Gasteiger partial charge in [0.05, 0.1) is 6.10 Å². The molecule has 0 aromatic heterocycles. The van der Waals surface area contributed by atoms with E-state index in [1.165, 1.54) is 0 Å². The van der Waals surface area contributed by atoms with Crippen LogP contribution in [-0.4, -0.2) is 23.8 Å². The molecule has 1 aromatic carbocycles. The van der Waals surface area contributed by atoms with Gasteiger partial charge in [-0.05, 0) is 12.6 Å². The monoisotopic (exact) mass is 241 g/mol. The van der Waals surface area contributed by atoms with E-state index in [2.05, 4.69) is 5.32 Å². The number of benzene rings is 1. The number of hydrogen-bond donors (Lipinski definition) is 2. The molecular weight excluding hydrogens is 226 g/mol. The number of rotatable bonds is 0. The van der Waals surface area contributed by atoms with Crippen molar-refractivity contribution in [3.05, 3.63) is 29.8 Å². The predicted molar refractivity (Wildman–Crippen MR) is 64.1 cm³/mol. The van der Waals surface area contributed by atoms with E-state index in [0.717, 1.165) is 30.8 Å². The first kappa shape index (κ1) is 11.7. The van der Waals surface area contributed by atoms with E-state index in [9.17, 15) is 5.11 Å². The van der Waals surface area contributed by atoms with Crippen LogP contribution in [-0.2, 0) is 0 Å². The Labute approximate surface area is 101 Å². The minimum atomic E-state index is -0.380. The first-order valence-corrected chi connectivity index (χ1v) is 5.46. The standard InChI is InChI=1S/C12H15NO2.ClH/c14-10-7-12(5-6-13-8-12)15-11-4-2-1-3-9(10)11;/h1-4,10,13-14H,5-8H2;1H. The zero-order valence-electron chi connectivity index (χ0n) is 8.98. The van der Waals surface area contributed by atoms with Gasteiger partial charge in [-0.1, -0.05) is 18.2 Å². The Morgan fingerprint density at radius 1 is 1.38 bits per heavy atom. The van der Waals surface area contributed by atoms with Crippen LogP contribution < -0.4 is 10.1 Å². The van der Waals surface area contributed by atoms with Crippen molar-refractivity contribution in [2.24, 2.45) is 0 Å². The summed E-state index contributed by atoms with van der Waals surface area (Å²) in [6.07, 6.45) is 1.31. The first-order chi connectivity index (χ1) is 7.29. The number of fused-ring (bicyclic) bond motifs is 1. The van der Waals surface area contributed by atoms with Crippen LogP contribution in [0.15, 0.2) is 24.3 Å². The van der Waals surface area contributed by atoms with Crippen molar-refractivity contribution in [1.82, 2.24) is 5.32 Å². The normalized spacial score (nSPS) is 31.7. The highest BCUT2D eigenvalue weighted by atomic mass is 35.5. The molecule has 4 heteroatoms. The van der Waals surface area contributed by atoms with E-state index in [1.807, 2.05) is 24.3 Å². The molecule has 88 valence electrons. The molecule has 0 bridgehead atoms. The average molecular weight is 242 g/mol. The van der Waals surface area contributed by atoms with Crippen LogP contribution in [0, 0.1) is 0 Å². The van der Waals surface area contributed by atoms with Crippen LogP contribution in [0.5, 0.6) is 5.75 Å². The zero-order chi connectivity index (χ0) is 10.3. The topological polar surface area (TPSA) is 41.5 Å². The molecular formula is C12H16ClNO2. The second-order valence-electron chi connectivity index (χ2n) is 4.47. The summed E-state index contributed by atoms with van der Waals surface area (Å²) in [7, 11) is 0. The summed E-state index contributed by atoms with van der Waals surface area (Å²) in [6, 6.07) is 7.77. The number of nitrogens with one attached hydrogen (secondary N) is 1. The summed E-state index contributed by atoms with van der Waals surface area (Å²) >= 11 is 0. The van der Waals surface area contributed by atoms with Gasteiger partial charge in [0.15, 0.2) is 0 Å². The van der Waals surface area contributed by atoms with E-state index < -0.39 is 0 Å². The molecule has 1 fully saturated rings. The maximum atomic E-state index is 10.1. The lowest BCUT2D eigenvalue weighted by Gasteiger charge is -2.37. The van der Waals surface area contributed by atoms with Gasteiger partial charge >= 0.3 is 0 Å². The summed E-state index contributed by atoms with van der Waals surface area (Å²) in [5.74, 6) is 0.847. The van der Waals surface area contributed by atoms with Crippen LogP contribution in [0.1, 0.15) is 24.5 Å². The van der Waals surface area contributed by atoms with Gasteiger partial charge in [0.1, 0.15) is 11.4 Å². The minimum absolute atomic E-state index is 0. The van der Waals surface area contributed by atoms with Crippen LogP contribution in [0.4, 0.5) is 0 Å². The number of ether oxygens (including phenoxy) is 1. The van der Waals surface area contributed by atoms with Crippen molar-refractivity contribution >= 4 is 12.4 Å². The molecule has 16 heavy (non-hydrogen) atoms. The highest BCUT2D eigenvalue weighted by molar-refractivity contribution is 5.85. The highest BCUT2D eigenvalue weighted by Crippen LogP contribution is 2.41. The van der Waals surface area contributed by atoms with Crippen molar-refractivity contribution < 1.29 is 9.84 Å². The van der Waals surface area contributed by atoms with Gasteiger partial charge in [-0.2, -0.15) is 0 Å². The third-order valence-electron chi connectivity index (χ3n) is 3.37. The van der Waals surface area contributed by atoms with Gasteiger partial charge in [-0.15, -0.1) is 12.4 Å². The number of halogens is 1. The third-order valence-corrected chi connectivity index (χ3v) is 3.37.